The van der Waals surface area contributed by atoms with Crippen LogP contribution in [0.1, 0.15) is 6.92 Å². The van der Waals surface area contributed by atoms with E-state index < -0.39 is 6.16 Å². The van der Waals surface area contributed by atoms with Gasteiger partial charge in [-0.05, 0) is 31.2 Å². The Balaban J connectivity index is 1.82. The fourth-order valence-electron chi connectivity index (χ4n) is 2.17. The highest BCUT2D eigenvalue weighted by molar-refractivity contribution is 5.65. The van der Waals surface area contributed by atoms with Crippen molar-refractivity contribution in [2.24, 2.45) is 0 Å². The van der Waals surface area contributed by atoms with Gasteiger partial charge in [0.1, 0.15) is 6.61 Å². The molecule has 0 unspecified atom stereocenters. The average Bonchev–Trinajstić information content (AvgIpc) is 2.60. The third kappa shape index (κ3) is 4.92. The Hall–Kier alpha value is -2.69. The van der Waals surface area contributed by atoms with E-state index in [2.05, 4.69) is 11.8 Å². The van der Waals surface area contributed by atoms with E-state index in [1.807, 2.05) is 30.3 Å². The number of hydrogen-bond donors (Lipinski definition) is 0. The number of likely N-dealkylation sites (N-methyl/N-ethyl adjacent to an activating group) is 1. The second-order valence-electron chi connectivity index (χ2n) is 4.77. The molecule has 23 heavy (non-hydrogen) atoms. The molecule has 0 aliphatic heterocycles. The van der Waals surface area contributed by atoms with Crippen molar-refractivity contribution >= 4 is 11.8 Å². The molecule has 0 aromatic heterocycles. The van der Waals surface area contributed by atoms with Crippen molar-refractivity contribution in [2.75, 3.05) is 31.7 Å². The van der Waals surface area contributed by atoms with Crippen LogP contribution in [0, 0.1) is 0 Å². The lowest BCUT2D eigenvalue weighted by Crippen LogP contribution is -2.28. The second kappa shape index (κ2) is 8.68. The smallest absolute Gasteiger partial charge is 0.493 e. The molecule has 0 spiro atoms. The van der Waals surface area contributed by atoms with Gasteiger partial charge in [0.05, 0.1) is 13.7 Å². The highest BCUT2D eigenvalue weighted by Gasteiger charge is 2.11. The number of carbonyl (C=O) groups is 1. The van der Waals surface area contributed by atoms with Gasteiger partial charge in [-0.3, -0.25) is 0 Å². The van der Waals surface area contributed by atoms with E-state index in [0.717, 1.165) is 12.2 Å². The first-order chi connectivity index (χ1) is 11.2. The van der Waals surface area contributed by atoms with E-state index in [1.54, 1.807) is 24.3 Å². The molecule has 0 radical (unpaired) electrons. The molecule has 0 bridgehead atoms. The summed E-state index contributed by atoms with van der Waals surface area (Å²) in [5.74, 6) is 0.833. The van der Waals surface area contributed by atoms with E-state index in [4.69, 9.17) is 14.2 Å². The quantitative estimate of drug-likeness (QED) is 0.575. The molecule has 2 rings (SSSR count). The van der Waals surface area contributed by atoms with Gasteiger partial charge in [0.2, 0.25) is 0 Å². The zero-order valence-corrected chi connectivity index (χ0v) is 13.4. The van der Waals surface area contributed by atoms with Crippen LogP contribution in [0.3, 0.4) is 0 Å². The monoisotopic (exact) mass is 315 g/mol. The zero-order chi connectivity index (χ0) is 16.5. The molecular formula is C18H21NO4. The van der Waals surface area contributed by atoms with Crippen LogP contribution in [0.2, 0.25) is 0 Å². The Morgan fingerprint density at radius 2 is 1.65 bits per heavy atom. The lowest BCUT2D eigenvalue weighted by molar-refractivity contribution is 0.100. The molecule has 5 heteroatoms. The normalized spacial score (nSPS) is 10.0. The third-order valence-corrected chi connectivity index (χ3v) is 3.35. The predicted molar refractivity (Wildman–Crippen MR) is 89.3 cm³/mol. The molecular weight excluding hydrogens is 294 g/mol. The minimum Gasteiger partial charge on any atom is -0.493 e. The summed E-state index contributed by atoms with van der Waals surface area (Å²) in [7, 11) is 1.52. The predicted octanol–water partition coefficient (Wildman–Crippen LogP) is 3.74. The van der Waals surface area contributed by atoms with Gasteiger partial charge in [0.15, 0.2) is 11.5 Å². The summed E-state index contributed by atoms with van der Waals surface area (Å²) in [6.45, 7) is 3.73. The Kier molecular flexibility index (Phi) is 6.29. The zero-order valence-electron chi connectivity index (χ0n) is 13.4. The fraction of sp³-hybridized carbons (Fsp3) is 0.278. The SMILES string of the molecule is CCN(CCOC(=O)Oc1ccccc1OC)c1ccccc1. The summed E-state index contributed by atoms with van der Waals surface area (Å²) in [6, 6.07) is 16.9. The topological polar surface area (TPSA) is 48.0 Å². The highest BCUT2D eigenvalue weighted by Crippen LogP contribution is 2.26. The molecule has 2 aromatic carbocycles. The number of hydrogen-bond acceptors (Lipinski definition) is 5. The molecule has 0 amide bonds. The minimum absolute atomic E-state index is 0.247. The van der Waals surface area contributed by atoms with Crippen LogP contribution in [0.5, 0.6) is 11.5 Å². The summed E-state index contributed by atoms with van der Waals surface area (Å²) in [5.41, 5.74) is 1.09. The van der Waals surface area contributed by atoms with Crippen molar-refractivity contribution in [3.63, 3.8) is 0 Å². The number of nitrogens with zero attached hydrogens (tertiary/aromatic N) is 1. The summed E-state index contributed by atoms with van der Waals surface area (Å²) >= 11 is 0. The summed E-state index contributed by atoms with van der Waals surface area (Å²) in [4.78, 5) is 13.9. The van der Waals surface area contributed by atoms with E-state index in [1.165, 1.54) is 7.11 Å². The average molecular weight is 315 g/mol. The van der Waals surface area contributed by atoms with E-state index in [9.17, 15) is 4.79 Å². The number of methoxy groups -OCH3 is 1. The van der Waals surface area contributed by atoms with Crippen molar-refractivity contribution in [1.82, 2.24) is 0 Å². The van der Waals surface area contributed by atoms with Gasteiger partial charge in [0, 0.05) is 12.2 Å². The van der Waals surface area contributed by atoms with Crippen LogP contribution < -0.4 is 14.4 Å². The van der Waals surface area contributed by atoms with Crippen molar-refractivity contribution in [3.8, 4) is 11.5 Å². The summed E-state index contributed by atoms with van der Waals surface area (Å²) in [5, 5.41) is 0. The minimum atomic E-state index is -0.737. The molecule has 2 aromatic rings. The lowest BCUT2D eigenvalue weighted by atomic mass is 10.3. The molecule has 5 nitrogen and oxygen atoms in total. The van der Waals surface area contributed by atoms with Gasteiger partial charge in [-0.2, -0.15) is 0 Å². The largest absolute Gasteiger partial charge is 0.514 e. The van der Waals surface area contributed by atoms with Gasteiger partial charge in [-0.15, -0.1) is 0 Å². The van der Waals surface area contributed by atoms with Crippen molar-refractivity contribution < 1.29 is 19.0 Å². The molecule has 122 valence electrons. The first kappa shape index (κ1) is 16.7. The number of rotatable bonds is 7. The maximum absolute atomic E-state index is 11.8. The molecule has 0 heterocycles. The van der Waals surface area contributed by atoms with Crippen LogP contribution >= 0.6 is 0 Å². The Morgan fingerprint density at radius 1 is 1.00 bits per heavy atom. The van der Waals surface area contributed by atoms with Crippen molar-refractivity contribution in [1.29, 1.82) is 0 Å². The standard InChI is InChI=1S/C18H21NO4/c1-3-19(15-9-5-4-6-10-15)13-14-22-18(20)23-17-12-8-7-11-16(17)21-2/h4-12H,3,13-14H2,1-2H3. The molecule has 0 N–H and O–H groups in total. The number of ether oxygens (including phenoxy) is 3. The Labute approximate surface area is 136 Å². The Morgan fingerprint density at radius 3 is 2.30 bits per heavy atom. The molecule has 0 aliphatic rings. The van der Waals surface area contributed by atoms with Crippen LogP contribution in [-0.2, 0) is 4.74 Å². The number of carbonyl (C=O) groups excluding carboxylic acids is 1. The second-order valence-corrected chi connectivity index (χ2v) is 4.77. The van der Waals surface area contributed by atoms with Gasteiger partial charge in [0.25, 0.3) is 0 Å². The molecule has 0 saturated carbocycles. The number of benzene rings is 2. The van der Waals surface area contributed by atoms with Gasteiger partial charge >= 0.3 is 6.16 Å². The molecule has 0 aliphatic carbocycles. The first-order valence-corrected chi connectivity index (χ1v) is 7.52. The number of anilines is 1. The van der Waals surface area contributed by atoms with Crippen LogP contribution in [0.15, 0.2) is 54.6 Å². The van der Waals surface area contributed by atoms with Gasteiger partial charge in [-0.1, -0.05) is 30.3 Å². The third-order valence-electron chi connectivity index (χ3n) is 3.35. The lowest BCUT2D eigenvalue weighted by Gasteiger charge is -2.22. The highest BCUT2D eigenvalue weighted by atomic mass is 16.7. The van der Waals surface area contributed by atoms with Gasteiger partial charge in [-0.25, -0.2) is 4.79 Å². The summed E-state index contributed by atoms with van der Waals surface area (Å²) < 4.78 is 15.4. The maximum Gasteiger partial charge on any atom is 0.514 e. The number of para-hydroxylation sites is 3. The first-order valence-electron chi connectivity index (χ1n) is 7.52. The van der Waals surface area contributed by atoms with Crippen LogP contribution in [-0.4, -0.2) is 33.0 Å². The fourth-order valence-corrected chi connectivity index (χ4v) is 2.17. The van der Waals surface area contributed by atoms with Crippen molar-refractivity contribution in [3.05, 3.63) is 54.6 Å². The Bertz CT molecular complexity index is 615. The van der Waals surface area contributed by atoms with E-state index >= 15 is 0 Å². The van der Waals surface area contributed by atoms with Crippen LogP contribution in [0.4, 0.5) is 10.5 Å². The van der Waals surface area contributed by atoms with E-state index in [-0.39, 0.29) is 6.61 Å². The van der Waals surface area contributed by atoms with E-state index in [0.29, 0.717) is 18.0 Å². The summed E-state index contributed by atoms with van der Waals surface area (Å²) in [6.07, 6.45) is -0.737. The molecule has 0 atom stereocenters. The maximum atomic E-state index is 11.8. The van der Waals surface area contributed by atoms with Gasteiger partial charge < -0.3 is 19.1 Å². The van der Waals surface area contributed by atoms with Crippen LogP contribution in [0.25, 0.3) is 0 Å². The molecule has 0 fully saturated rings. The van der Waals surface area contributed by atoms with Crippen molar-refractivity contribution in [2.45, 2.75) is 6.92 Å². The molecule has 0 saturated heterocycles.